The van der Waals surface area contributed by atoms with Gasteiger partial charge in [0.15, 0.2) is 5.16 Å². The zero-order valence-corrected chi connectivity index (χ0v) is 15.8. The van der Waals surface area contributed by atoms with Crippen LogP contribution >= 0.6 is 11.8 Å². The lowest BCUT2D eigenvalue weighted by molar-refractivity contribution is -0.119. The summed E-state index contributed by atoms with van der Waals surface area (Å²) in [6.07, 6.45) is 2.36. The van der Waals surface area contributed by atoms with Crippen LogP contribution in [0, 0.1) is 6.92 Å². The summed E-state index contributed by atoms with van der Waals surface area (Å²) < 4.78 is 2.07. The van der Waals surface area contributed by atoms with Crippen LogP contribution in [0.1, 0.15) is 32.3 Å². The molecule has 0 aliphatic carbocycles. The molecule has 25 heavy (non-hydrogen) atoms. The second-order valence-electron chi connectivity index (χ2n) is 6.66. The molecule has 1 N–H and O–H groups in total. The molecule has 2 heterocycles. The van der Waals surface area contributed by atoms with Crippen molar-refractivity contribution in [2.24, 2.45) is 0 Å². The molecule has 1 aromatic carbocycles. The zero-order valence-electron chi connectivity index (χ0n) is 15.0. The number of benzene rings is 1. The quantitative estimate of drug-likeness (QED) is 0.804. The SMILES string of the molecule is Cc1ccc(-n2c(SCC(=O)NC(C)C)nnc2N2CCCC2)cc1. The molecule has 0 saturated carbocycles. The van der Waals surface area contributed by atoms with E-state index >= 15 is 0 Å². The van der Waals surface area contributed by atoms with Crippen molar-refractivity contribution < 1.29 is 4.79 Å². The van der Waals surface area contributed by atoms with Crippen LogP contribution in [-0.4, -0.2) is 45.6 Å². The Balaban J connectivity index is 1.87. The maximum absolute atomic E-state index is 12.0. The molecule has 0 unspecified atom stereocenters. The first kappa shape index (κ1) is 17.8. The Hall–Kier alpha value is -2.02. The number of carbonyl (C=O) groups excluding carboxylic acids is 1. The number of hydrogen-bond acceptors (Lipinski definition) is 5. The van der Waals surface area contributed by atoms with Crippen molar-refractivity contribution >= 4 is 23.6 Å². The Morgan fingerprint density at radius 2 is 1.88 bits per heavy atom. The van der Waals surface area contributed by atoms with Gasteiger partial charge in [0.05, 0.1) is 11.4 Å². The number of thioether (sulfide) groups is 1. The van der Waals surface area contributed by atoms with E-state index in [0.717, 1.165) is 29.9 Å². The summed E-state index contributed by atoms with van der Waals surface area (Å²) in [7, 11) is 0. The average molecular weight is 359 g/mol. The molecule has 3 rings (SSSR count). The maximum Gasteiger partial charge on any atom is 0.232 e. The Bertz CT molecular complexity index is 720. The Kier molecular flexibility index (Phi) is 5.63. The molecular weight excluding hydrogens is 334 g/mol. The van der Waals surface area contributed by atoms with Crippen molar-refractivity contribution in [3.05, 3.63) is 29.8 Å². The highest BCUT2D eigenvalue weighted by Crippen LogP contribution is 2.28. The van der Waals surface area contributed by atoms with Crippen molar-refractivity contribution in [1.29, 1.82) is 0 Å². The van der Waals surface area contributed by atoms with Gasteiger partial charge >= 0.3 is 0 Å². The lowest BCUT2D eigenvalue weighted by Crippen LogP contribution is -2.31. The van der Waals surface area contributed by atoms with Gasteiger partial charge in [-0.05, 0) is 45.7 Å². The Morgan fingerprint density at radius 1 is 1.20 bits per heavy atom. The van der Waals surface area contributed by atoms with Crippen LogP contribution in [0.2, 0.25) is 0 Å². The normalized spacial score (nSPS) is 14.3. The van der Waals surface area contributed by atoms with Crippen molar-refractivity contribution in [2.45, 2.75) is 44.8 Å². The summed E-state index contributed by atoms with van der Waals surface area (Å²) in [5.41, 5.74) is 2.24. The number of rotatable bonds is 6. The molecular formula is C18H25N5OS. The molecule has 1 amide bonds. The highest BCUT2D eigenvalue weighted by Gasteiger charge is 2.22. The number of nitrogens with one attached hydrogen (secondary N) is 1. The van der Waals surface area contributed by atoms with Gasteiger partial charge in [-0.2, -0.15) is 0 Å². The van der Waals surface area contributed by atoms with E-state index in [1.54, 1.807) is 0 Å². The van der Waals surface area contributed by atoms with Gasteiger partial charge in [0.2, 0.25) is 11.9 Å². The average Bonchev–Trinajstić information content (AvgIpc) is 3.22. The van der Waals surface area contributed by atoms with Gasteiger partial charge in [0.25, 0.3) is 0 Å². The molecule has 1 aliphatic rings. The van der Waals surface area contributed by atoms with Crippen LogP contribution in [0.4, 0.5) is 5.95 Å². The molecule has 1 aromatic heterocycles. The van der Waals surface area contributed by atoms with Gasteiger partial charge in [-0.25, -0.2) is 0 Å². The minimum Gasteiger partial charge on any atom is -0.353 e. The van der Waals surface area contributed by atoms with E-state index in [4.69, 9.17) is 0 Å². The minimum atomic E-state index is 0.0150. The number of carbonyl (C=O) groups is 1. The monoisotopic (exact) mass is 359 g/mol. The van der Waals surface area contributed by atoms with Gasteiger partial charge in [-0.3, -0.25) is 9.36 Å². The molecule has 6 nitrogen and oxygen atoms in total. The molecule has 1 aliphatic heterocycles. The first-order chi connectivity index (χ1) is 12.0. The Labute approximate surface area is 153 Å². The van der Waals surface area contributed by atoms with Crippen molar-refractivity contribution in [3.63, 3.8) is 0 Å². The third-order valence-corrected chi connectivity index (χ3v) is 5.01. The van der Waals surface area contributed by atoms with Crippen LogP contribution in [0.25, 0.3) is 5.69 Å². The first-order valence-corrected chi connectivity index (χ1v) is 9.72. The highest BCUT2D eigenvalue weighted by atomic mass is 32.2. The van der Waals surface area contributed by atoms with Gasteiger partial charge in [0.1, 0.15) is 0 Å². The summed E-state index contributed by atoms with van der Waals surface area (Å²) in [6.45, 7) is 8.00. The van der Waals surface area contributed by atoms with Crippen LogP contribution in [-0.2, 0) is 4.79 Å². The predicted molar refractivity (Wildman–Crippen MR) is 102 cm³/mol. The first-order valence-electron chi connectivity index (χ1n) is 8.74. The minimum absolute atomic E-state index is 0.0150. The summed E-state index contributed by atoms with van der Waals surface area (Å²) in [5, 5.41) is 12.5. The largest absolute Gasteiger partial charge is 0.353 e. The summed E-state index contributed by atoms with van der Waals surface area (Å²) in [4.78, 5) is 14.3. The molecule has 1 saturated heterocycles. The number of aryl methyl sites for hydroxylation is 1. The van der Waals surface area contributed by atoms with Gasteiger partial charge in [-0.15, -0.1) is 10.2 Å². The summed E-state index contributed by atoms with van der Waals surface area (Å²) in [5.74, 6) is 1.22. The van der Waals surface area contributed by atoms with Gasteiger partial charge in [0, 0.05) is 19.1 Å². The zero-order chi connectivity index (χ0) is 17.8. The van der Waals surface area contributed by atoms with E-state index in [-0.39, 0.29) is 11.9 Å². The van der Waals surface area contributed by atoms with E-state index in [0.29, 0.717) is 5.75 Å². The highest BCUT2D eigenvalue weighted by molar-refractivity contribution is 7.99. The molecule has 134 valence electrons. The van der Waals surface area contributed by atoms with Crippen molar-refractivity contribution in [1.82, 2.24) is 20.1 Å². The molecule has 0 spiro atoms. The summed E-state index contributed by atoms with van der Waals surface area (Å²) in [6, 6.07) is 8.47. The van der Waals surface area contributed by atoms with Crippen molar-refractivity contribution in [2.75, 3.05) is 23.7 Å². The lowest BCUT2D eigenvalue weighted by Gasteiger charge is -2.18. The van der Waals surface area contributed by atoms with Crippen LogP contribution in [0.3, 0.4) is 0 Å². The van der Waals surface area contributed by atoms with E-state index in [9.17, 15) is 4.79 Å². The standard InChI is InChI=1S/C18H25N5OS/c1-13(2)19-16(24)12-25-18-21-20-17(22-10-4-5-11-22)23(18)15-8-6-14(3)7-9-15/h6-9,13H,4-5,10-12H2,1-3H3,(H,19,24). The number of nitrogens with zero attached hydrogens (tertiary/aromatic N) is 4. The van der Waals surface area contributed by atoms with E-state index in [2.05, 4.69) is 56.2 Å². The summed E-state index contributed by atoms with van der Waals surface area (Å²) >= 11 is 1.43. The van der Waals surface area contributed by atoms with Gasteiger partial charge in [-0.1, -0.05) is 29.5 Å². The van der Waals surface area contributed by atoms with Crippen LogP contribution in [0.5, 0.6) is 0 Å². The fourth-order valence-electron chi connectivity index (χ4n) is 2.89. The topological polar surface area (TPSA) is 63.1 Å². The number of anilines is 1. The number of amides is 1. The van der Waals surface area contributed by atoms with Crippen LogP contribution in [0.15, 0.2) is 29.4 Å². The lowest BCUT2D eigenvalue weighted by atomic mass is 10.2. The molecule has 0 radical (unpaired) electrons. The van der Waals surface area contributed by atoms with E-state index < -0.39 is 0 Å². The fraction of sp³-hybridized carbons (Fsp3) is 0.500. The molecule has 0 atom stereocenters. The third-order valence-electron chi connectivity index (χ3n) is 4.08. The second kappa shape index (κ2) is 7.91. The van der Waals surface area contributed by atoms with E-state index in [1.807, 2.05) is 13.8 Å². The fourth-order valence-corrected chi connectivity index (χ4v) is 3.65. The predicted octanol–water partition coefficient (Wildman–Crippen LogP) is 2.79. The van der Waals surface area contributed by atoms with E-state index in [1.165, 1.54) is 30.2 Å². The third kappa shape index (κ3) is 4.34. The van der Waals surface area contributed by atoms with Crippen LogP contribution < -0.4 is 10.2 Å². The van der Waals surface area contributed by atoms with Crippen molar-refractivity contribution in [3.8, 4) is 5.69 Å². The Morgan fingerprint density at radius 3 is 2.52 bits per heavy atom. The maximum atomic E-state index is 12.0. The molecule has 0 bridgehead atoms. The molecule has 1 fully saturated rings. The smallest absolute Gasteiger partial charge is 0.232 e. The number of aromatic nitrogens is 3. The number of hydrogen-bond donors (Lipinski definition) is 1. The molecule has 2 aromatic rings. The second-order valence-corrected chi connectivity index (χ2v) is 7.60. The molecule has 7 heteroatoms. The van der Waals surface area contributed by atoms with Gasteiger partial charge < -0.3 is 10.2 Å².